The van der Waals surface area contributed by atoms with Crippen LogP contribution in [0.4, 0.5) is 16.6 Å². The SMILES string of the molecule is CCC(C)(C)c1cc(NC(=O)c2csc(Nc3cccc(Cl)c3)n2)no1. The van der Waals surface area contributed by atoms with Crippen molar-refractivity contribution in [3.63, 3.8) is 0 Å². The van der Waals surface area contributed by atoms with Gasteiger partial charge in [-0.3, -0.25) is 4.79 Å². The van der Waals surface area contributed by atoms with Crippen molar-refractivity contribution in [3.8, 4) is 0 Å². The third-order valence-electron chi connectivity index (χ3n) is 4.12. The van der Waals surface area contributed by atoms with E-state index in [0.717, 1.165) is 17.9 Å². The van der Waals surface area contributed by atoms with Crippen molar-refractivity contribution in [2.75, 3.05) is 10.6 Å². The van der Waals surface area contributed by atoms with E-state index in [9.17, 15) is 4.79 Å². The Balaban J connectivity index is 1.67. The van der Waals surface area contributed by atoms with E-state index < -0.39 is 0 Å². The van der Waals surface area contributed by atoms with Crippen LogP contribution in [0.5, 0.6) is 0 Å². The van der Waals surface area contributed by atoms with Gasteiger partial charge in [0.25, 0.3) is 5.91 Å². The summed E-state index contributed by atoms with van der Waals surface area (Å²) in [5.41, 5.74) is 0.977. The summed E-state index contributed by atoms with van der Waals surface area (Å²) in [6.07, 6.45) is 0.903. The maximum atomic E-state index is 12.4. The Morgan fingerprint density at radius 2 is 2.15 bits per heavy atom. The third kappa shape index (κ3) is 4.23. The minimum absolute atomic E-state index is 0.134. The van der Waals surface area contributed by atoms with Gasteiger partial charge in [-0.05, 0) is 24.6 Å². The predicted molar refractivity (Wildman–Crippen MR) is 105 cm³/mol. The van der Waals surface area contributed by atoms with E-state index in [4.69, 9.17) is 16.1 Å². The number of carbonyl (C=O) groups excluding carboxylic acids is 1. The molecule has 0 radical (unpaired) electrons. The number of aromatic nitrogens is 2. The summed E-state index contributed by atoms with van der Waals surface area (Å²) >= 11 is 7.30. The van der Waals surface area contributed by atoms with Gasteiger partial charge in [0, 0.05) is 27.6 Å². The second-order valence-electron chi connectivity index (χ2n) is 6.44. The van der Waals surface area contributed by atoms with E-state index in [2.05, 4.69) is 41.5 Å². The molecule has 0 aliphatic carbocycles. The van der Waals surface area contributed by atoms with Crippen molar-refractivity contribution >= 4 is 45.5 Å². The van der Waals surface area contributed by atoms with Crippen LogP contribution in [0.25, 0.3) is 0 Å². The number of carbonyl (C=O) groups is 1. The lowest BCUT2D eigenvalue weighted by Crippen LogP contribution is -2.14. The molecule has 3 rings (SSSR count). The molecule has 0 saturated carbocycles. The molecule has 0 atom stereocenters. The first kappa shape index (κ1) is 18.4. The summed E-state index contributed by atoms with van der Waals surface area (Å²) in [5.74, 6) is 0.773. The number of anilines is 3. The summed E-state index contributed by atoms with van der Waals surface area (Å²) < 4.78 is 5.35. The largest absolute Gasteiger partial charge is 0.359 e. The number of nitrogens with zero attached hydrogens (tertiary/aromatic N) is 2. The molecule has 2 aromatic heterocycles. The van der Waals surface area contributed by atoms with Crippen LogP contribution >= 0.6 is 22.9 Å². The maximum absolute atomic E-state index is 12.4. The fraction of sp³-hybridized carbons (Fsp3) is 0.278. The quantitative estimate of drug-likeness (QED) is 0.583. The first-order valence-corrected chi connectivity index (χ1v) is 9.40. The highest BCUT2D eigenvalue weighted by molar-refractivity contribution is 7.14. The molecule has 0 bridgehead atoms. The number of halogens is 1. The van der Waals surface area contributed by atoms with E-state index in [1.54, 1.807) is 23.6 Å². The zero-order valence-corrected chi connectivity index (χ0v) is 16.2. The summed E-state index contributed by atoms with van der Waals surface area (Å²) in [6, 6.07) is 9.04. The van der Waals surface area contributed by atoms with Crippen molar-refractivity contribution in [1.82, 2.24) is 10.1 Å². The second-order valence-corrected chi connectivity index (χ2v) is 7.74. The van der Waals surface area contributed by atoms with Gasteiger partial charge in [-0.15, -0.1) is 11.3 Å². The van der Waals surface area contributed by atoms with E-state index in [1.807, 2.05) is 12.1 Å². The van der Waals surface area contributed by atoms with Gasteiger partial charge in [-0.25, -0.2) is 4.98 Å². The number of hydrogen-bond acceptors (Lipinski definition) is 6. The Hall–Kier alpha value is -2.38. The van der Waals surface area contributed by atoms with Crippen molar-refractivity contribution in [2.24, 2.45) is 0 Å². The minimum Gasteiger partial charge on any atom is -0.359 e. The van der Waals surface area contributed by atoms with Crippen molar-refractivity contribution in [1.29, 1.82) is 0 Å². The van der Waals surface area contributed by atoms with Crippen LogP contribution in [0.3, 0.4) is 0 Å². The monoisotopic (exact) mass is 390 g/mol. The van der Waals surface area contributed by atoms with Gasteiger partial charge >= 0.3 is 0 Å². The average molecular weight is 391 g/mol. The van der Waals surface area contributed by atoms with Gasteiger partial charge in [0.1, 0.15) is 11.5 Å². The zero-order chi connectivity index (χ0) is 18.7. The van der Waals surface area contributed by atoms with Crippen molar-refractivity contribution < 1.29 is 9.32 Å². The van der Waals surface area contributed by atoms with Crippen LogP contribution in [0.15, 0.2) is 40.2 Å². The molecule has 0 aliphatic heterocycles. The highest BCUT2D eigenvalue weighted by Gasteiger charge is 2.24. The molecule has 3 aromatic rings. The average Bonchev–Trinajstić information content (AvgIpc) is 3.25. The fourth-order valence-electron chi connectivity index (χ4n) is 2.13. The molecule has 8 heteroatoms. The fourth-order valence-corrected chi connectivity index (χ4v) is 3.03. The molecular formula is C18H19ClN4O2S. The van der Waals surface area contributed by atoms with E-state index in [-0.39, 0.29) is 11.3 Å². The van der Waals surface area contributed by atoms with Crippen LogP contribution in [-0.2, 0) is 5.41 Å². The van der Waals surface area contributed by atoms with Crippen LogP contribution in [0, 0.1) is 0 Å². The van der Waals surface area contributed by atoms with Gasteiger partial charge < -0.3 is 15.2 Å². The van der Waals surface area contributed by atoms with E-state index in [0.29, 0.717) is 21.7 Å². The molecule has 6 nitrogen and oxygen atoms in total. The van der Waals surface area contributed by atoms with Crippen LogP contribution in [0.2, 0.25) is 5.02 Å². The van der Waals surface area contributed by atoms with Crippen LogP contribution < -0.4 is 10.6 Å². The van der Waals surface area contributed by atoms with Crippen molar-refractivity contribution in [3.05, 3.63) is 52.2 Å². The molecule has 0 fully saturated rings. The Bertz CT molecular complexity index is 919. The lowest BCUT2D eigenvalue weighted by atomic mass is 9.87. The third-order valence-corrected chi connectivity index (χ3v) is 5.11. The molecule has 0 unspecified atom stereocenters. The Kier molecular flexibility index (Phi) is 5.29. The normalized spacial score (nSPS) is 11.4. The molecule has 1 aromatic carbocycles. The highest BCUT2D eigenvalue weighted by Crippen LogP contribution is 2.29. The van der Waals surface area contributed by atoms with E-state index >= 15 is 0 Å². The topological polar surface area (TPSA) is 80.0 Å². The molecular weight excluding hydrogens is 372 g/mol. The molecule has 0 aliphatic rings. The minimum atomic E-state index is -0.338. The standard InChI is InChI=1S/C18H19ClN4O2S/c1-4-18(2,3)14-9-15(23-25-14)22-16(24)13-10-26-17(21-13)20-12-7-5-6-11(19)8-12/h5-10H,4H2,1-3H3,(H,20,21)(H,22,23,24). The summed E-state index contributed by atoms with van der Waals surface area (Å²) in [5, 5.41) is 12.7. The summed E-state index contributed by atoms with van der Waals surface area (Å²) in [7, 11) is 0. The number of thiazole rings is 1. The van der Waals surface area contributed by atoms with Crippen molar-refractivity contribution in [2.45, 2.75) is 32.6 Å². The first-order chi connectivity index (χ1) is 12.4. The molecule has 26 heavy (non-hydrogen) atoms. The smallest absolute Gasteiger partial charge is 0.276 e. The molecule has 0 saturated heterocycles. The van der Waals surface area contributed by atoms with E-state index in [1.165, 1.54) is 11.3 Å². The number of amides is 1. The van der Waals surface area contributed by atoms with Gasteiger partial charge in [0.05, 0.1) is 0 Å². The molecule has 0 spiro atoms. The Labute approximate surface area is 160 Å². The number of benzene rings is 1. The predicted octanol–water partition coefficient (Wildman–Crippen LogP) is 5.47. The van der Waals surface area contributed by atoms with Gasteiger partial charge in [0.2, 0.25) is 0 Å². The Morgan fingerprint density at radius 1 is 1.35 bits per heavy atom. The Morgan fingerprint density at radius 3 is 2.88 bits per heavy atom. The van der Waals surface area contributed by atoms with Gasteiger partial charge in [-0.2, -0.15) is 0 Å². The van der Waals surface area contributed by atoms with Gasteiger partial charge in [-0.1, -0.05) is 43.6 Å². The maximum Gasteiger partial charge on any atom is 0.276 e. The lowest BCUT2D eigenvalue weighted by Gasteiger charge is -2.17. The number of nitrogens with one attached hydrogen (secondary N) is 2. The summed E-state index contributed by atoms with van der Waals surface area (Å²) in [6.45, 7) is 6.20. The molecule has 1 amide bonds. The summed E-state index contributed by atoms with van der Waals surface area (Å²) in [4.78, 5) is 16.7. The second kappa shape index (κ2) is 7.47. The zero-order valence-electron chi connectivity index (χ0n) is 14.7. The van der Waals surface area contributed by atoms with Crippen LogP contribution in [0.1, 0.15) is 43.4 Å². The number of hydrogen-bond donors (Lipinski definition) is 2. The molecule has 136 valence electrons. The lowest BCUT2D eigenvalue weighted by molar-refractivity contribution is 0.102. The molecule has 2 N–H and O–H groups in total. The number of rotatable bonds is 6. The van der Waals surface area contributed by atoms with Gasteiger partial charge in [0.15, 0.2) is 10.9 Å². The highest BCUT2D eigenvalue weighted by atomic mass is 35.5. The first-order valence-electron chi connectivity index (χ1n) is 8.14. The molecule has 2 heterocycles. The van der Waals surface area contributed by atoms with Crippen LogP contribution in [-0.4, -0.2) is 16.0 Å².